The van der Waals surface area contributed by atoms with Crippen LogP contribution in [0.2, 0.25) is 0 Å². The van der Waals surface area contributed by atoms with Crippen LogP contribution in [0.15, 0.2) is 12.2 Å². The fraction of sp³-hybridized carbons (Fsp3) is 0.750. The van der Waals surface area contributed by atoms with E-state index in [0.29, 0.717) is 5.91 Å². The Labute approximate surface area is 87.0 Å². The normalized spacial score (nSPS) is 18.3. The molecule has 0 saturated heterocycles. The fourth-order valence-corrected chi connectivity index (χ4v) is 2.07. The Morgan fingerprint density at radius 3 is 2.29 bits per heavy atom. The molecule has 1 rings (SSSR count). The molecule has 0 radical (unpaired) electrons. The molecule has 80 valence electrons. The largest absolute Gasteiger partial charge is 0.343 e. The van der Waals surface area contributed by atoms with Crippen molar-refractivity contribution in [1.29, 1.82) is 0 Å². The van der Waals surface area contributed by atoms with Crippen LogP contribution < -0.4 is 0 Å². The van der Waals surface area contributed by atoms with Crippen molar-refractivity contribution in [1.82, 2.24) is 4.90 Å². The molecule has 0 aromatic heterocycles. The van der Waals surface area contributed by atoms with Crippen molar-refractivity contribution in [2.24, 2.45) is 5.92 Å². The molecule has 0 aromatic carbocycles. The summed E-state index contributed by atoms with van der Waals surface area (Å²) in [5, 5.41) is 0. The zero-order chi connectivity index (χ0) is 10.6. The number of carbonyl (C=O) groups excluding carboxylic acids is 1. The van der Waals surface area contributed by atoms with E-state index < -0.39 is 0 Å². The first-order valence-corrected chi connectivity index (χ1v) is 5.64. The van der Waals surface area contributed by atoms with Crippen LogP contribution in [0.1, 0.15) is 39.5 Å². The highest BCUT2D eigenvalue weighted by Crippen LogP contribution is 2.28. The van der Waals surface area contributed by atoms with Crippen LogP contribution in [0.25, 0.3) is 0 Å². The second kappa shape index (κ2) is 5.18. The molecular weight excluding hydrogens is 174 g/mol. The molecule has 1 fully saturated rings. The van der Waals surface area contributed by atoms with Crippen LogP contribution in [0.3, 0.4) is 0 Å². The van der Waals surface area contributed by atoms with Gasteiger partial charge >= 0.3 is 0 Å². The SMILES string of the molecule is C=C1CCC(C(=O)N(CC)CC)CC1. The van der Waals surface area contributed by atoms with Crippen LogP contribution >= 0.6 is 0 Å². The summed E-state index contributed by atoms with van der Waals surface area (Å²) in [4.78, 5) is 13.9. The zero-order valence-electron chi connectivity index (χ0n) is 9.38. The monoisotopic (exact) mass is 195 g/mol. The summed E-state index contributed by atoms with van der Waals surface area (Å²) in [5.41, 5.74) is 1.31. The maximum Gasteiger partial charge on any atom is 0.225 e. The highest BCUT2D eigenvalue weighted by atomic mass is 16.2. The lowest BCUT2D eigenvalue weighted by Crippen LogP contribution is -2.36. The van der Waals surface area contributed by atoms with Crippen molar-refractivity contribution in [2.75, 3.05) is 13.1 Å². The Morgan fingerprint density at radius 1 is 1.36 bits per heavy atom. The number of amides is 1. The second-order valence-corrected chi connectivity index (χ2v) is 4.03. The number of hydrogen-bond donors (Lipinski definition) is 0. The third kappa shape index (κ3) is 2.60. The maximum atomic E-state index is 12.0. The molecule has 0 N–H and O–H groups in total. The molecule has 0 bridgehead atoms. The van der Waals surface area contributed by atoms with Gasteiger partial charge in [-0.1, -0.05) is 12.2 Å². The van der Waals surface area contributed by atoms with Gasteiger partial charge in [0.15, 0.2) is 0 Å². The van der Waals surface area contributed by atoms with E-state index in [2.05, 4.69) is 6.58 Å². The van der Waals surface area contributed by atoms with Gasteiger partial charge in [-0.25, -0.2) is 0 Å². The summed E-state index contributed by atoms with van der Waals surface area (Å²) < 4.78 is 0. The molecule has 2 nitrogen and oxygen atoms in total. The van der Waals surface area contributed by atoms with Crippen molar-refractivity contribution >= 4 is 5.91 Å². The first-order valence-electron chi connectivity index (χ1n) is 5.64. The molecule has 1 aliphatic carbocycles. The van der Waals surface area contributed by atoms with E-state index in [4.69, 9.17) is 0 Å². The van der Waals surface area contributed by atoms with E-state index in [1.165, 1.54) is 5.57 Å². The van der Waals surface area contributed by atoms with Crippen LogP contribution in [0, 0.1) is 5.92 Å². The second-order valence-electron chi connectivity index (χ2n) is 4.03. The van der Waals surface area contributed by atoms with E-state index in [-0.39, 0.29) is 5.92 Å². The van der Waals surface area contributed by atoms with Crippen LogP contribution in [-0.4, -0.2) is 23.9 Å². The molecule has 14 heavy (non-hydrogen) atoms. The summed E-state index contributed by atoms with van der Waals surface area (Å²) in [6.07, 6.45) is 4.09. The molecule has 0 unspecified atom stereocenters. The highest BCUT2D eigenvalue weighted by Gasteiger charge is 2.25. The Kier molecular flexibility index (Phi) is 4.18. The van der Waals surface area contributed by atoms with Gasteiger partial charge in [0.05, 0.1) is 0 Å². The van der Waals surface area contributed by atoms with Crippen LogP contribution in [0.4, 0.5) is 0 Å². The molecule has 0 aromatic rings. The number of rotatable bonds is 3. The average Bonchev–Trinajstić information content (AvgIpc) is 2.20. The van der Waals surface area contributed by atoms with Crippen molar-refractivity contribution < 1.29 is 4.79 Å². The maximum absolute atomic E-state index is 12.0. The lowest BCUT2D eigenvalue weighted by atomic mass is 9.85. The van der Waals surface area contributed by atoms with Gasteiger partial charge in [0, 0.05) is 19.0 Å². The van der Waals surface area contributed by atoms with E-state index in [1.54, 1.807) is 0 Å². The Balaban J connectivity index is 2.48. The van der Waals surface area contributed by atoms with Gasteiger partial charge in [-0.3, -0.25) is 4.79 Å². The van der Waals surface area contributed by atoms with Crippen molar-refractivity contribution in [2.45, 2.75) is 39.5 Å². The molecule has 0 aliphatic heterocycles. The summed E-state index contributed by atoms with van der Waals surface area (Å²) >= 11 is 0. The Bertz CT molecular complexity index is 208. The highest BCUT2D eigenvalue weighted by molar-refractivity contribution is 5.79. The predicted molar refractivity (Wildman–Crippen MR) is 59.0 cm³/mol. The van der Waals surface area contributed by atoms with Crippen LogP contribution in [-0.2, 0) is 4.79 Å². The van der Waals surface area contributed by atoms with E-state index >= 15 is 0 Å². The number of nitrogens with zero attached hydrogens (tertiary/aromatic N) is 1. The lowest BCUT2D eigenvalue weighted by Gasteiger charge is -2.28. The summed E-state index contributed by atoms with van der Waals surface area (Å²) in [7, 11) is 0. The zero-order valence-corrected chi connectivity index (χ0v) is 9.38. The Hall–Kier alpha value is -0.790. The average molecular weight is 195 g/mol. The third-order valence-corrected chi connectivity index (χ3v) is 3.12. The minimum absolute atomic E-state index is 0.264. The number of hydrogen-bond acceptors (Lipinski definition) is 1. The first-order chi connectivity index (χ1) is 6.69. The molecule has 1 saturated carbocycles. The van der Waals surface area contributed by atoms with E-state index in [0.717, 1.165) is 38.8 Å². The Morgan fingerprint density at radius 2 is 1.86 bits per heavy atom. The topological polar surface area (TPSA) is 20.3 Å². The molecule has 0 atom stereocenters. The van der Waals surface area contributed by atoms with E-state index in [9.17, 15) is 4.79 Å². The predicted octanol–water partition coefficient (Wildman–Crippen LogP) is 2.60. The quantitative estimate of drug-likeness (QED) is 0.634. The standard InChI is InChI=1S/C12H21NO/c1-4-13(5-2)12(14)11-8-6-10(3)7-9-11/h11H,3-9H2,1-2H3. The van der Waals surface area contributed by atoms with Gasteiger partial charge in [0.1, 0.15) is 0 Å². The van der Waals surface area contributed by atoms with Crippen LogP contribution in [0.5, 0.6) is 0 Å². The van der Waals surface area contributed by atoms with Gasteiger partial charge in [-0.2, -0.15) is 0 Å². The molecular formula is C12H21NO. The van der Waals surface area contributed by atoms with E-state index in [1.807, 2.05) is 18.7 Å². The van der Waals surface area contributed by atoms with Crippen molar-refractivity contribution in [3.63, 3.8) is 0 Å². The summed E-state index contributed by atoms with van der Waals surface area (Å²) in [6.45, 7) is 9.74. The minimum atomic E-state index is 0.264. The summed E-state index contributed by atoms with van der Waals surface area (Å²) in [6, 6.07) is 0. The fourth-order valence-electron chi connectivity index (χ4n) is 2.07. The smallest absolute Gasteiger partial charge is 0.225 e. The number of carbonyl (C=O) groups is 1. The van der Waals surface area contributed by atoms with Gasteiger partial charge in [-0.05, 0) is 39.5 Å². The lowest BCUT2D eigenvalue weighted by molar-refractivity contribution is -0.135. The number of allylic oxidation sites excluding steroid dienone is 1. The van der Waals surface area contributed by atoms with Gasteiger partial charge in [-0.15, -0.1) is 0 Å². The summed E-state index contributed by atoms with van der Waals surface area (Å²) in [5.74, 6) is 0.614. The molecule has 1 amide bonds. The van der Waals surface area contributed by atoms with Crippen molar-refractivity contribution in [3.8, 4) is 0 Å². The first kappa shape index (κ1) is 11.3. The van der Waals surface area contributed by atoms with Crippen molar-refractivity contribution in [3.05, 3.63) is 12.2 Å². The van der Waals surface area contributed by atoms with Gasteiger partial charge < -0.3 is 4.90 Å². The molecule has 1 aliphatic rings. The molecule has 2 heteroatoms. The molecule has 0 spiro atoms. The third-order valence-electron chi connectivity index (χ3n) is 3.12. The van der Waals surface area contributed by atoms with Gasteiger partial charge in [0.2, 0.25) is 5.91 Å². The van der Waals surface area contributed by atoms with Gasteiger partial charge in [0.25, 0.3) is 0 Å². The minimum Gasteiger partial charge on any atom is -0.343 e. The molecule has 0 heterocycles.